The Bertz CT molecular complexity index is 1230. The number of benzene rings is 1. The number of hydrogen-bond acceptors (Lipinski definition) is 4. The summed E-state index contributed by atoms with van der Waals surface area (Å²) in [5, 5.41) is 10.6. The monoisotopic (exact) mass is 450 g/mol. The normalized spacial score (nSPS) is 14.3. The van der Waals surface area contributed by atoms with Crippen molar-refractivity contribution < 1.29 is 23.3 Å². The molecule has 3 aromatic rings. The van der Waals surface area contributed by atoms with Crippen molar-refractivity contribution in [3.8, 4) is 5.75 Å². The van der Waals surface area contributed by atoms with Gasteiger partial charge < -0.3 is 14.3 Å². The maximum atomic E-state index is 13.8. The van der Waals surface area contributed by atoms with Gasteiger partial charge in [-0.15, -0.1) is 11.3 Å². The highest BCUT2D eigenvalue weighted by atomic mass is 32.1. The summed E-state index contributed by atoms with van der Waals surface area (Å²) in [6.45, 7) is -0.427. The molecule has 9 heteroatoms. The Labute approximate surface area is 187 Å². The molecule has 0 bridgehead atoms. The van der Waals surface area contributed by atoms with Crippen LogP contribution in [0.1, 0.15) is 21.8 Å². The molecule has 0 fully saturated rings. The van der Waals surface area contributed by atoms with Crippen LogP contribution in [0.2, 0.25) is 0 Å². The highest BCUT2D eigenvalue weighted by Gasteiger charge is 2.22. The van der Waals surface area contributed by atoms with Gasteiger partial charge in [-0.1, -0.05) is 24.3 Å². The van der Waals surface area contributed by atoms with Gasteiger partial charge in [0.05, 0.1) is 16.3 Å². The summed E-state index contributed by atoms with van der Waals surface area (Å²) in [5.41, 5.74) is 2.90. The van der Waals surface area contributed by atoms with E-state index in [9.17, 15) is 13.4 Å². The van der Waals surface area contributed by atoms with Crippen molar-refractivity contribution in [2.24, 2.45) is 4.99 Å². The SMILES string of the molecule is O=C(O)COc1ccc(/C=C/c2ccc(/C=C3/C=CC(c4cccs4)=N3)n2B(F)F)cc1. The third kappa shape index (κ3) is 5.12. The third-order valence-corrected chi connectivity index (χ3v) is 5.49. The van der Waals surface area contributed by atoms with Crippen LogP contribution in [0.15, 0.2) is 76.8 Å². The quantitative estimate of drug-likeness (QED) is 0.471. The van der Waals surface area contributed by atoms with Crippen LogP contribution in [0.5, 0.6) is 5.75 Å². The number of carboxylic acids is 1. The number of halogens is 2. The van der Waals surface area contributed by atoms with Gasteiger partial charge in [0.1, 0.15) is 5.75 Å². The standard InChI is InChI=1S/C23H17BF2N2O3S/c25-24(26)28-18(7-3-16-4-10-20(11-5-16)31-15-23(29)30)8-9-19(28)14-17-6-12-21(27-17)22-2-1-13-32-22/h1-14H,15H2,(H,29,30)/b7-3+,17-14-. The molecular formula is C23H17BF2N2O3S. The van der Waals surface area contributed by atoms with Crippen LogP contribution in [0.4, 0.5) is 8.63 Å². The molecule has 0 amide bonds. The van der Waals surface area contributed by atoms with Gasteiger partial charge >= 0.3 is 13.4 Å². The number of thiophene rings is 1. The summed E-state index contributed by atoms with van der Waals surface area (Å²) in [4.78, 5) is 16.1. The van der Waals surface area contributed by atoms with E-state index < -0.39 is 20.0 Å². The first-order valence-electron chi connectivity index (χ1n) is 9.64. The van der Waals surface area contributed by atoms with Gasteiger partial charge in [-0.05, 0) is 65.6 Å². The zero-order valence-electron chi connectivity index (χ0n) is 16.7. The molecule has 1 aliphatic heterocycles. The molecule has 1 aliphatic rings. The lowest BCUT2D eigenvalue weighted by atomic mass is 10.1. The maximum Gasteiger partial charge on any atom is 0.678 e. The molecule has 1 aromatic carbocycles. The molecule has 0 saturated heterocycles. The van der Waals surface area contributed by atoms with Crippen LogP contribution in [0.25, 0.3) is 18.2 Å². The molecule has 3 heterocycles. The van der Waals surface area contributed by atoms with Crippen LogP contribution in [-0.2, 0) is 4.79 Å². The summed E-state index contributed by atoms with van der Waals surface area (Å²) >= 11 is 1.57. The van der Waals surface area contributed by atoms with Crippen molar-refractivity contribution >= 4 is 48.6 Å². The van der Waals surface area contributed by atoms with Crippen molar-refractivity contribution in [3.05, 3.63) is 93.6 Å². The van der Waals surface area contributed by atoms with E-state index in [0.29, 0.717) is 22.8 Å². The largest absolute Gasteiger partial charge is 0.678 e. The topological polar surface area (TPSA) is 63.8 Å². The molecule has 32 heavy (non-hydrogen) atoms. The fraction of sp³-hybridized carbons (Fsp3) is 0.0435. The Morgan fingerprint density at radius 3 is 2.56 bits per heavy atom. The van der Waals surface area contributed by atoms with Crippen LogP contribution < -0.4 is 4.74 Å². The van der Waals surface area contributed by atoms with Gasteiger partial charge in [-0.25, -0.2) is 9.79 Å². The number of ether oxygens (including phenoxy) is 1. The van der Waals surface area contributed by atoms with E-state index in [1.807, 2.05) is 23.6 Å². The fourth-order valence-electron chi connectivity index (χ4n) is 3.13. The summed E-state index contributed by atoms with van der Waals surface area (Å²) in [6.07, 6.45) is 8.62. The van der Waals surface area contributed by atoms with Gasteiger partial charge in [0, 0.05) is 11.4 Å². The molecule has 160 valence electrons. The van der Waals surface area contributed by atoms with E-state index in [-0.39, 0.29) is 0 Å². The van der Waals surface area contributed by atoms with Crippen LogP contribution in [0.3, 0.4) is 0 Å². The van der Waals surface area contributed by atoms with Gasteiger partial charge in [0.2, 0.25) is 0 Å². The van der Waals surface area contributed by atoms with E-state index in [0.717, 1.165) is 20.6 Å². The predicted molar refractivity (Wildman–Crippen MR) is 124 cm³/mol. The summed E-state index contributed by atoms with van der Waals surface area (Å²) in [7, 11) is -2.71. The van der Waals surface area contributed by atoms with Crippen LogP contribution >= 0.6 is 11.3 Å². The minimum absolute atomic E-state index is 0.350. The average Bonchev–Trinajstić information content (AvgIpc) is 3.52. The van der Waals surface area contributed by atoms with Crippen molar-refractivity contribution in [1.29, 1.82) is 0 Å². The molecule has 0 atom stereocenters. The van der Waals surface area contributed by atoms with Gasteiger partial charge in [0.15, 0.2) is 6.61 Å². The number of aromatic nitrogens is 1. The van der Waals surface area contributed by atoms with Gasteiger partial charge in [0.25, 0.3) is 0 Å². The van der Waals surface area contributed by atoms with Crippen LogP contribution in [-0.4, -0.2) is 35.3 Å². The molecule has 1 N–H and O–H groups in total. The summed E-state index contributed by atoms with van der Waals surface area (Å²) in [5.74, 6) is -0.643. The zero-order valence-corrected chi connectivity index (χ0v) is 17.5. The molecule has 0 spiro atoms. The lowest BCUT2D eigenvalue weighted by molar-refractivity contribution is -0.139. The number of rotatable bonds is 8. The van der Waals surface area contributed by atoms with Crippen molar-refractivity contribution in [3.63, 3.8) is 0 Å². The highest BCUT2D eigenvalue weighted by molar-refractivity contribution is 7.12. The lowest BCUT2D eigenvalue weighted by Gasteiger charge is -2.06. The summed E-state index contributed by atoms with van der Waals surface area (Å²) in [6, 6.07) is 13.9. The second-order valence-corrected chi connectivity index (χ2v) is 7.74. The van der Waals surface area contributed by atoms with Crippen molar-refractivity contribution in [1.82, 2.24) is 4.48 Å². The molecular weight excluding hydrogens is 433 g/mol. The summed E-state index contributed by atoms with van der Waals surface area (Å²) < 4.78 is 33.6. The predicted octanol–water partition coefficient (Wildman–Crippen LogP) is 5.36. The first-order valence-corrected chi connectivity index (χ1v) is 10.5. The number of carbonyl (C=O) groups is 1. The highest BCUT2D eigenvalue weighted by Crippen LogP contribution is 2.23. The molecule has 0 radical (unpaired) electrons. The average molecular weight is 450 g/mol. The van der Waals surface area contributed by atoms with E-state index >= 15 is 0 Å². The minimum atomic E-state index is -2.71. The van der Waals surface area contributed by atoms with E-state index in [1.165, 1.54) is 0 Å². The molecule has 5 nitrogen and oxygen atoms in total. The smallest absolute Gasteiger partial charge is 0.482 e. The van der Waals surface area contributed by atoms with Crippen molar-refractivity contribution in [2.75, 3.05) is 6.61 Å². The van der Waals surface area contributed by atoms with Gasteiger partial charge in [-0.3, -0.25) is 8.63 Å². The Kier molecular flexibility index (Phi) is 6.46. The zero-order chi connectivity index (χ0) is 22.5. The van der Waals surface area contributed by atoms with Gasteiger partial charge in [-0.2, -0.15) is 0 Å². The van der Waals surface area contributed by atoms with Crippen molar-refractivity contribution in [2.45, 2.75) is 0 Å². The second kappa shape index (κ2) is 9.61. The Hall–Kier alpha value is -3.72. The minimum Gasteiger partial charge on any atom is -0.482 e. The number of aliphatic imine (C=N–C) groups is 1. The molecule has 0 unspecified atom stereocenters. The fourth-order valence-corrected chi connectivity index (χ4v) is 3.83. The van der Waals surface area contributed by atoms with Crippen LogP contribution in [0, 0.1) is 0 Å². The second-order valence-electron chi connectivity index (χ2n) is 6.79. The van der Waals surface area contributed by atoms with E-state index in [2.05, 4.69) is 4.99 Å². The number of hydrogen-bond donors (Lipinski definition) is 1. The number of allylic oxidation sites excluding steroid dienone is 2. The molecule has 0 aliphatic carbocycles. The number of aliphatic carboxylic acids is 1. The number of carboxylic acid groups (broad SMARTS) is 1. The Morgan fingerprint density at radius 2 is 1.88 bits per heavy atom. The maximum absolute atomic E-state index is 13.8. The lowest BCUT2D eigenvalue weighted by Crippen LogP contribution is -2.16. The first kappa shape index (κ1) is 21.5. The molecule has 2 aromatic heterocycles. The first-order chi connectivity index (χ1) is 15.5. The molecule has 0 saturated carbocycles. The van der Waals surface area contributed by atoms with E-state index in [4.69, 9.17) is 9.84 Å². The third-order valence-electron chi connectivity index (χ3n) is 4.60. The van der Waals surface area contributed by atoms with E-state index in [1.54, 1.807) is 72.0 Å². The molecule has 4 rings (SSSR count). The Balaban J connectivity index is 1.53. The Morgan fingerprint density at radius 1 is 1.09 bits per heavy atom. The number of nitrogens with zero attached hydrogens (tertiary/aromatic N) is 2.